The van der Waals surface area contributed by atoms with Gasteiger partial charge in [0.15, 0.2) is 0 Å². The Kier molecular flexibility index (Phi) is 5.35. The summed E-state index contributed by atoms with van der Waals surface area (Å²) in [7, 11) is 0. The zero-order valence-corrected chi connectivity index (χ0v) is 12.4. The van der Waals surface area contributed by atoms with Gasteiger partial charge in [0.05, 0.1) is 11.5 Å². The number of amides is 1. The number of carbonyl (C=O) groups excluding carboxylic acids is 1. The van der Waals surface area contributed by atoms with Crippen molar-refractivity contribution >= 4 is 11.9 Å². The fourth-order valence-corrected chi connectivity index (χ4v) is 2.25. The third kappa shape index (κ3) is 3.93. The molecule has 1 rings (SSSR count). The number of carboxylic acids is 1. The van der Waals surface area contributed by atoms with Gasteiger partial charge < -0.3 is 10.4 Å². The van der Waals surface area contributed by atoms with Gasteiger partial charge in [-0.05, 0) is 53.1 Å². The predicted molar refractivity (Wildman–Crippen MR) is 73.9 cm³/mol. The Morgan fingerprint density at radius 2 is 1.84 bits per heavy atom. The van der Waals surface area contributed by atoms with E-state index in [1.165, 1.54) is 0 Å². The lowest BCUT2D eigenvalue weighted by Crippen LogP contribution is -2.52. The fourth-order valence-electron chi connectivity index (χ4n) is 2.25. The van der Waals surface area contributed by atoms with E-state index in [0.29, 0.717) is 25.9 Å². The average Bonchev–Trinajstić information content (AvgIpc) is 2.38. The highest BCUT2D eigenvalue weighted by atomic mass is 16.4. The minimum atomic E-state index is -0.733. The van der Waals surface area contributed by atoms with Crippen LogP contribution in [0.25, 0.3) is 0 Å². The molecular weight excluding hydrogens is 244 g/mol. The minimum absolute atomic E-state index is 0.0354. The molecule has 1 saturated heterocycles. The van der Waals surface area contributed by atoms with Crippen molar-refractivity contribution in [2.75, 3.05) is 13.1 Å². The Labute approximate surface area is 115 Å². The number of rotatable bonds is 5. The van der Waals surface area contributed by atoms with E-state index in [4.69, 9.17) is 0 Å². The average molecular weight is 270 g/mol. The minimum Gasteiger partial charge on any atom is -0.481 e. The Morgan fingerprint density at radius 3 is 2.26 bits per heavy atom. The Bertz CT molecular complexity index is 336. The number of carboxylic acid groups (broad SMARTS) is 1. The number of nitrogens with zero attached hydrogens (tertiary/aromatic N) is 1. The molecule has 0 aliphatic carbocycles. The van der Waals surface area contributed by atoms with Crippen LogP contribution in [0.5, 0.6) is 0 Å². The highest BCUT2D eigenvalue weighted by Gasteiger charge is 2.38. The maximum absolute atomic E-state index is 12.0. The van der Waals surface area contributed by atoms with E-state index in [1.807, 2.05) is 20.8 Å². The van der Waals surface area contributed by atoms with Gasteiger partial charge >= 0.3 is 5.97 Å². The van der Waals surface area contributed by atoms with Crippen molar-refractivity contribution in [1.82, 2.24) is 10.2 Å². The maximum Gasteiger partial charge on any atom is 0.309 e. The number of likely N-dealkylation sites (tertiary alicyclic amines) is 1. The van der Waals surface area contributed by atoms with Crippen molar-refractivity contribution in [3.05, 3.63) is 0 Å². The Hall–Kier alpha value is -1.10. The Morgan fingerprint density at radius 1 is 1.32 bits per heavy atom. The lowest BCUT2D eigenvalue weighted by Gasteiger charge is -2.39. The molecule has 5 heteroatoms. The third-order valence-corrected chi connectivity index (χ3v) is 4.35. The normalized spacial score (nSPS) is 22.5. The van der Waals surface area contributed by atoms with Crippen LogP contribution in [-0.4, -0.2) is 47.1 Å². The van der Waals surface area contributed by atoms with E-state index in [1.54, 1.807) is 6.92 Å². The van der Waals surface area contributed by atoms with E-state index < -0.39 is 11.4 Å². The lowest BCUT2D eigenvalue weighted by atomic mass is 9.80. The molecule has 2 N–H and O–H groups in total. The van der Waals surface area contributed by atoms with Crippen molar-refractivity contribution < 1.29 is 14.7 Å². The lowest BCUT2D eigenvalue weighted by molar-refractivity contribution is -0.151. The zero-order chi connectivity index (χ0) is 14.6. The van der Waals surface area contributed by atoms with Crippen LogP contribution in [-0.2, 0) is 9.59 Å². The summed E-state index contributed by atoms with van der Waals surface area (Å²) < 4.78 is 0. The standard InChI is InChI=1S/C14H26N2O3/c1-5-10(2)15-12(17)11(3)16-8-6-14(4,7-9-16)13(18)19/h10-11H,5-9H2,1-4H3,(H,15,17)(H,18,19). The molecule has 0 aromatic heterocycles. The van der Waals surface area contributed by atoms with Crippen molar-refractivity contribution in [2.45, 2.75) is 59.0 Å². The molecule has 2 atom stereocenters. The van der Waals surface area contributed by atoms with Gasteiger partial charge in [0.1, 0.15) is 0 Å². The molecule has 1 aliphatic heterocycles. The zero-order valence-electron chi connectivity index (χ0n) is 12.4. The van der Waals surface area contributed by atoms with Crippen LogP contribution in [0.1, 0.15) is 47.0 Å². The quantitative estimate of drug-likeness (QED) is 0.794. The predicted octanol–water partition coefficient (Wildman–Crippen LogP) is 1.48. The summed E-state index contributed by atoms with van der Waals surface area (Å²) in [6.45, 7) is 9.03. The first kappa shape index (κ1) is 16.0. The van der Waals surface area contributed by atoms with Gasteiger partial charge in [-0.25, -0.2) is 0 Å². The number of aliphatic carboxylic acids is 1. The monoisotopic (exact) mass is 270 g/mol. The second-order valence-electron chi connectivity index (χ2n) is 5.90. The first-order valence-electron chi connectivity index (χ1n) is 7.08. The Balaban J connectivity index is 2.51. The number of hydrogen-bond acceptors (Lipinski definition) is 3. The van der Waals surface area contributed by atoms with Gasteiger partial charge in [-0.3, -0.25) is 14.5 Å². The third-order valence-electron chi connectivity index (χ3n) is 4.35. The van der Waals surface area contributed by atoms with Crippen molar-refractivity contribution in [3.63, 3.8) is 0 Å². The molecular formula is C14H26N2O3. The summed E-state index contributed by atoms with van der Waals surface area (Å²) >= 11 is 0. The first-order chi connectivity index (χ1) is 8.80. The van der Waals surface area contributed by atoms with E-state index in [2.05, 4.69) is 10.2 Å². The summed E-state index contributed by atoms with van der Waals surface area (Å²) in [6, 6.07) is -0.00336. The molecule has 0 aromatic rings. The molecule has 5 nitrogen and oxygen atoms in total. The number of hydrogen-bond donors (Lipinski definition) is 2. The molecule has 110 valence electrons. The van der Waals surface area contributed by atoms with Crippen LogP contribution in [0.4, 0.5) is 0 Å². The maximum atomic E-state index is 12.0. The van der Waals surface area contributed by atoms with Crippen LogP contribution < -0.4 is 5.32 Å². The SMILES string of the molecule is CCC(C)NC(=O)C(C)N1CCC(C)(C(=O)O)CC1. The molecule has 2 unspecified atom stereocenters. The topological polar surface area (TPSA) is 69.6 Å². The summed E-state index contributed by atoms with van der Waals surface area (Å²) in [5, 5.41) is 12.2. The van der Waals surface area contributed by atoms with Gasteiger partial charge in [0.25, 0.3) is 0 Å². The van der Waals surface area contributed by atoms with Gasteiger partial charge in [-0.1, -0.05) is 6.92 Å². The number of nitrogens with one attached hydrogen (secondary N) is 1. The highest BCUT2D eigenvalue weighted by molar-refractivity contribution is 5.81. The van der Waals surface area contributed by atoms with E-state index in [9.17, 15) is 14.7 Å². The molecule has 0 aromatic carbocycles. The van der Waals surface area contributed by atoms with E-state index in [-0.39, 0.29) is 18.0 Å². The second-order valence-corrected chi connectivity index (χ2v) is 5.90. The van der Waals surface area contributed by atoms with Crippen molar-refractivity contribution in [2.24, 2.45) is 5.41 Å². The van der Waals surface area contributed by atoms with E-state index in [0.717, 1.165) is 6.42 Å². The molecule has 1 aliphatic rings. The smallest absolute Gasteiger partial charge is 0.309 e. The summed E-state index contributed by atoms with van der Waals surface area (Å²) in [4.78, 5) is 25.3. The van der Waals surface area contributed by atoms with Crippen molar-refractivity contribution in [3.8, 4) is 0 Å². The number of piperidine rings is 1. The van der Waals surface area contributed by atoms with Crippen LogP contribution in [0.15, 0.2) is 0 Å². The number of carbonyl (C=O) groups is 2. The van der Waals surface area contributed by atoms with Gasteiger partial charge in [0.2, 0.25) is 5.91 Å². The molecule has 0 radical (unpaired) electrons. The highest BCUT2D eigenvalue weighted by Crippen LogP contribution is 2.31. The fraction of sp³-hybridized carbons (Fsp3) is 0.857. The largest absolute Gasteiger partial charge is 0.481 e. The van der Waals surface area contributed by atoms with Crippen LogP contribution in [0.3, 0.4) is 0 Å². The first-order valence-corrected chi connectivity index (χ1v) is 7.08. The molecule has 1 fully saturated rings. The van der Waals surface area contributed by atoms with Crippen molar-refractivity contribution in [1.29, 1.82) is 0 Å². The van der Waals surface area contributed by atoms with Crippen LogP contribution in [0, 0.1) is 5.41 Å². The molecule has 1 heterocycles. The molecule has 0 spiro atoms. The molecule has 1 amide bonds. The summed E-state index contributed by atoms with van der Waals surface area (Å²) in [5.74, 6) is -0.697. The van der Waals surface area contributed by atoms with Gasteiger partial charge in [-0.15, -0.1) is 0 Å². The summed E-state index contributed by atoms with van der Waals surface area (Å²) in [5.41, 5.74) is -0.636. The molecule has 0 bridgehead atoms. The molecule has 19 heavy (non-hydrogen) atoms. The molecule has 0 saturated carbocycles. The second kappa shape index (κ2) is 6.37. The van der Waals surface area contributed by atoms with Crippen LogP contribution in [0.2, 0.25) is 0 Å². The van der Waals surface area contributed by atoms with Crippen LogP contribution >= 0.6 is 0 Å². The van der Waals surface area contributed by atoms with Gasteiger partial charge in [-0.2, -0.15) is 0 Å². The van der Waals surface area contributed by atoms with E-state index >= 15 is 0 Å². The van der Waals surface area contributed by atoms with Gasteiger partial charge in [0, 0.05) is 6.04 Å². The summed E-state index contributed by atoms with van der Waals surface area (Å²) in [6.07, 6.45) is 2.11.